The maximum absolute atomic E-state index is 12.3. The summed E-state index contributed by atoms with van der Waals surface area (Å²) in [6, 6.07) is 0.359. The zero-order chi connectivity index (χ0) is 17.4. The molecule has 0 aromatic rings. The first-order valence-corrected chi connectivity index (χ1v) is 11.6. The minimum absolute atomic E-state index is 0.00386. The fourth-order valence-electron chi connectivity index (χ4n) is 4.10. The Morgan fingerprint density at radius 2 is 1.42 bits per heavy atom. The van der Waals surface area contributed by atoms with Gasteiger partial charge in [0, 0.05) is 25.0 Å². The maximum Gasteiger partial charge on any atom is 0.221 e. The van der Waals surface area contributed by atoms with Crippen LogP contribution in [0.1, 0.15) is 83.5 Å². The van der Waals surface area contributed by atoms with E-state index in [1.165, 1.54) is 44.8 Å². The Hall–Kier alpha value is -0.620. The van der Waals surface area contributed by atoms with E-state index in [1.807, 2.05) is 0 Å². The van der Waals surface area contributed by atoms with Gasteiger partial charge in [0.15, 0.2) is 0 Å². The summed E-state index contributed by atoms with van der Waals surface area (Å²) in [5.74, 6) is 0.00386. The van der Waals surface area contributed by atoms with Gasteiger partial charge in [-0.25, -0.2) is 8.42 Å². The van der Waals surface area contributed by atoms with E-state index in [0.29, 0.717) is 6.54 Å². The summed E-state index contributed by atoms with van der Waals surface area (Å²) in [7, 11) is -3.26. The minimum Gasteiger partial charge on any atom is -0.353 e. The summed E-state index contributed by atoms with van der Waals surface area (Å²) in [4.78, 5) is 12.3. The molecule has 0 saturated heterocycles. The summed E-state index contributed by atoms with van der Waals surface area (Å²) in [6.45, 7) is 0.321. The van der Waals surface area contributed by atoms with E-state index in [0.717, 1.165) is 38.5 Å². The van der Waals surface area contributed by atoms with Crippen LogP contribution < -0.4 is 5.32 Å². The van der Waals surface area contributed by atoms with E-state index in [-0.39, 0.29) is 24.4 Å². The molecule has 0 aromatic heterocycles. The molecule has 0 radical (unpaired) electrons. The molecule has 0 bridgehead atoms. The third-order valence-electron chi connectivity index (χ3n) is 5.44. The lowest BCUT2D eigenvalue weighted by atomic mass is 10.1. The molecule has 0 unspecified atom stereocenters. The number of sulfonamides is 1. The van der Waals surface area contributed by atoms with E-state index in [1.54, 1.807) is 4.31 Å². The number of nitrogens with one attached hydrogen (secondary N) is 1. The van der Waals surface area contributed by atoms with Gasteiger partial charge in [-0.3, -0.25) is 4.79 Å². The second-order valence-electron chi connectivity index (χ2n) is 7.53. The van der Waals surface area contributed by atoms with E-state index in [9.17, 15) is 13.2 Å². The summed E-state index contributed by atoms with van der Waals surface area (Å²) < 4.78 is 26.0. The lowest BCUT2D eigenvalue weighted by Gasteiger charge is -2.29. The van der Waals surface area contributed by atoms with Gasteiger partial charge in [-0.05, 0) is 25.7 Å². The number of carbonyl (C=O) groups is 1. The van der Waals surface area contributed by atoms with Crippen LogP contribution in [-0.4, -0.2) is 43.5 Å². The molecule has 24 heavy (non-hydrogen) atoms. The Bertz CT molecular complexity index is 476. The second-order valence-corrected chi connectivity index (χ2v) is 9.46. The van der Waals surface area contributed by atoms with Crippen molar-refractivity contribution in [1.29, 1.82) is 0 Å². The van der Waals surface area contributed by atoms with Crippen molar-refractivity contribution in [1.82, 2.24) is 9.62 Å². The van der Waals surface area contributed by atoms with Crippen LogP contribution in [0.5, 0.6) is 0 Å². The van der Waals surface area contributed by atoms with E-state index < -0.39 is 10.0 Å². The highest BCUT2D eigenvalue weighted by atomic mass is 32.2. The quantitative estimate of drug-likeness (QED) is 0.742. The van der Waals surface area contributed by atoms with Gasteiger partial charge in [0.1, 0.15) is 0 Å². The number of amides is 1. The average molecular weight is 359 g/mol. The average Bonchev–Trinajstić information content (AvgIpc) is 2.91. The monoisotopic (exact) mass is 358 g/mol. The normalized spacial score (nSPS) is 22.1. The molecule has 2 rings (SSSR count). The van der Waals surface area contributed by atoms with Crippen molar-refractivity contribution in [3.05, 3.63) is 0 Å². The van der Waals surface area contributed by atoms with Crippen molar-refractivity contribution in [2.45, 2.75) is 95.6 Å². The summed E-state index contributed by atoms with van der Waals surface area (Å²) >= 11 is 0. The number of hydrogen-bond acceptors (Lipinski definition) is 3. The molecular weight excluding hydrogens is 324 g/mol. The highest BCUT2D eigenvalue weighted by molar-refractivity contribution is 7.88. The highest BCUT2D eigenvalue weighted by Gasteiger charge is 2.28. The number of rotatable bonds is 6. The van der Waals surface area contributed by atoms with Gasteiger partial charge in [-0.2, -0.15) is 4.31 Å². The minimum atomic E-state index is -3.26. The van der Waals surface area contributed by atoms with Gasteiger partial charge in [-0.15, -0.1) is 0 Å². The predicted octanol–water partition coefficient (Wildman–Crippen LogP) is 3.20. The van der Waals surface area contributed by atoms with Crippen LogP contribution in [0, 0.1) is 0 Å². The molecule has 0 spiro atoms. The Morgan fingerprint density at radius 3 is 1.92 bits per heavy atom. The summed E-state index contributed by atoms with van der Waals surface area (Å²) in [6.07, 6.45) is 15.0. The highest BCUT2D eigenvalue weighted by Crippen LogP contribution is 2.24. The molecule has 0 aromatic carbocycles. The largest absolute Gasteiger partial charge is 0.353 e. The molecule has 2 saturated carbocycles. The topological polar surface area (TPSA) is 66.5 Å². The van der Waals surface area contributed by atoms with Crippen molar-refractivity contribution in [3.63, 3.8) is 0 Å². The Balaban J connectivity index is 1.86. The van der Waals surface area contributed by atoms with Crippen molar-refractivity contribution in [2.75, 3.05) is 12.8 Å². The van der Waals surface area contributed by atoms with Gasteiger partial charge >= 0.3 is 0 Å². The molecule has 6 heteroatoms. The van der Waals surface area contributed by atoms with Crippen LogP contribution in [0.15, 0.2) is 0 Å². The predicted molar refractivity (Wildman–Crippen MR) is 97.3 cm³/mol. The van der Waals surface area contributed by atoms with Gasteiger partial charge in [0.25, 0.3) is 0 Å². The molecule has 2 aliphatic carbocycles. The van der Waals surface area contributed by atoms with Gasteiger partial charge < -0.3 is 5.32 Å². The molecule has 0 aliphatic heterocycles. The fourth-order valence-corrected chi connectivity index (χ4v) is 5.28. The molecule has 2 fully saturated rings. The number of nitrogens with zero attached hydrogens (tertiary/aromatic N) is 1. The maximum atomic E-state index is 12.3. The van der Waals surface area contributed by atoms with Crippen molar-refractivity contribution in [3.8, 4) is 0 Å². The summed E-state index contributed by atoms with van der Waals surface area (Å²) in [5.41, 5.74) is 0. The van der Waals surface area contributed by atoms with Gasteiger partial charge in [0.05, 0.1) is 6.26 Å². The molecule has 5 nitrogen and oxygen atoms in total. The molecule has 140 valence electrons. The third-order valence-corrected chi connectivity index (χ3v) is 6.77. The molecular formula is C18H34N2O3S. The fraction of sp³-hybridized carbons (Fsp3) is 0.944. The summed E-state index contributed by atoms with van der Waals surface area (Å²) in [5, 5.41) is 3.12. The molecule has 0 atom stereocenters. The Kier molecular flexibility index (Phi) is 8.01. The zero-order valence-corrected chi connectivity index (χ0v) is 16.0. The molecule has 2 aliphatic rings. The molecule has 1 amide bonds. The van der Waals surface area contributed by atoms with Crippen LogP contribution in [0.2, 0.25) is 0 Å². The smallest absolute Gasteiger partial charge is 0.221 e. The molecule has 0 heterocycles. The SMILES string of the molecule is CS(=O)(=O)N(CCC(=O)NC1CCCCCC1)C1CCCCCC1. The second kappa shape index (κ2) is 9.76. The lowest BCUT2D eigenvalue weighted by Crippen LogP contribution is -2.43. The van der Waals surface area contributed by atoms with Crippen molar-refractivity contribution >= 4 is 15.9 Å². The van der Waals surface area contributed by atoms with Gasteiger partial charge in [-0.1, -0.05) is 51.4 Å². The zero-order valence-electron chi connectivity index (χ0n) is 15.1. The third kappa shape index (κ3) is 6.71. The van der Waals surface area contributed by atoms with Crippen molar-refractivity contribution in [2.24, 2.45) is 0 Å². The van der Waals surface area contributed by atoms with E-state index in [4.69, 9.17) is 0 Å². The first kappa shape index (κ1) is 19.7. The van der Waals surface area contributed by atoms with Crippen LogP contribution in [0.3, 0.4) is 0 Å². The Labute approximate surface area is 147 Å². The first-order valence-electron chi connectivity index (χ1n) is 9.73. The number of hydrogen-bond donors (Lipinski definition) is 1. The molecule has 1 N–H and O–H groups in total. The van der Waals surface area contributed by atoms with Gasteiger partial charge in [0.2, 0.25) is 15.9 Å². The standard InChI is InChI=1S/C18H34N2O3S/c1-24(22,23)20(17-12-8-4-5-9-13-17)15-14-18(21)19-16-10-6-2-3-7-11-16/h16-17H,2-15H2,1H3,(H,19,21). The van der Waals surface area contributed by atoms with Crippen LogP contribution in [0.4, 0.5) is 0 Å². The van der Waals surface area contributed by atoms with E-state index >= 15 is 0 Å². The Morgan fingerprint density at radius 1 is 0.917 bits per heavy atom. The van der Waals surface area contributed by atoms with Crippen LogP contribution in [-0.2, 0) is 14.8 Å². The lowest BCUT2D eigenvalue weighted by molar-refractivity contribution is -0.122. The van der Waals surface area contributed by atoms with Crippen molar-refractivity contribution < 1.29 is 13.2 Å². The van der Waals surface area contributed by atoms with Crippen LogP contribution >= 0.6 is 0 Å². The van der Waals surface area contributed by atoms with Crippen LogP contribution in [0.25, 0.3) is 0 Å². The number of carbonyl (C=O) groups excluding carboxylic acids is 1. The van der Waals surface area contributed by atoms with E-state index in [2.05, 4.69) is 5.32 Å². The first-order chi connectivity index (χ1) is 11.5.